The van der Waals surface area contributed by atoms with Crippen molar-refractivity contribution in [1.29, 1.82) is 0 Å². The Bertz CT molecular complexity index is 224. The molecule has 132 valence electrons. The molecular weight excluding hydrogens is 304 g/mol. The maximum absolute atomic E-state index is 9.49. The van der Waals surface area contributed by atoms with Gasteiger partial charge in [0.1, 0.15) is 13.2 Å². The number of aliphatic hydroxyl groups is 4. The van der Waals surface area contributed by atoms with Crippen LogP contribution in [0.5, 0.6) is 0 Å². The molecule has 0 atom stereocenters. The van der Waals surface area contributed by atoms with E-state index < -0.39 is 12.3 Å². The van der Waals surface area contributed by atoms with Crippen LogP contribution in [0.15, 0.2) is 25.3 Å². The van der Waals surface area contributed by atoms with Crippen molar-refractivity contribution >= 4 is 12.3 Å². The van der Waals surface area contributed by atoms with Crippen LogP contribution in [0.2, 0.25) is 0 Å². The molecule has 6 N–H and O–H groups in total. The molecule has 0 radical (unpaired) electrons. The van der Waals surface area contributed by atoms with Crippen LogP contribution in [0, 0.1) is 0 Å². The van der Waals surface area contributed by atoms with Gasteiger partial charge >= 0.3 is 12.3 Å². The largest absolute Gasteiger partial charge is 0.506 e. The van der Waals surface area contributed by atoms with E-state index in [0.29, 0.717) is 0 Å². The molecule has 0 aliphatic rings. The number of carboxylic acid groups (broad SMARTS) is 2. The van der Waals surface area contributed by atoms with E-state index >= 15 is 0 Å². The average Bonchev–Trinajstić information content (AvgIpc) is 2.51. The molecular formula is C12H24O10. The Kier molecular flexibility index (Phi) is 40.0. The third-order valence-electron chi connectivity index (χ3n) is 0.849. The highest BCUT2D eigenvalue weighted by Gasteiger charge is 1.88. The lowest BCUT2D eigenvalue weighted by Crippen LogP contribution is -1.98. The Morgan fingerprint density at radius 3 is 1.00 bits per heavy atom. The third-order valence-corrected chi connectivity index (χ3v) is 0.849. The highest BCUT2D eigenvalue weighted by atomic mass is 16.7. The predicted octanol–water partition coefficient (Wildman–Crippen LogP) is -0.324. The van der Waals surface area contributed by atoms with Crippen molar-refractivity contribution in [3.05, 3.63) is 25.3 Å². The van der Waals surface area contributed by atoms with Crippen molar-refractivity contribution in [2.45, 2.75) is 0 Å². The van der Waals surface area contributed by atoms with Crippen molar-refractivity contribution in [1.82, 2.24) is 0 Å². The summed E-state index contributed by atoms with van der Waals surface area (Å²) in [4.78, 5) is 19.0. The molecule has 0 spiro atoms. The summed E-state index contributed by atoms with van der Waals surface area (Å²) in [6.07, 6.45) is 0.210. The summed E-state index contributed by atoms with van der Waals surface area (Å²) in [7, 11) is 0. The van der Waals surface area contributed by atoms with E-state index in [4.69, 9.17) is 30.6 Å². The fourth-order valence-corrected chi connectivity index (χ4v) is 0.260. The molecule has 0 saturated carbocycles. The number of aliphatic hydroxyl groups excluding tert-OH is 4. The zero-order chi connectivity index (χ0) is 18.2. The first-order valence-corrected chi connectivity index (χ1v) is 5.74. The van der Waals surface area contributed by atoms with Crippen LogP contribution in [0.3, 0.4) is 0 Å². The fraction of sp³-hybridized carbons (Fsp3) is 0.500. The second-order valence-electron chi connectivity index (χ2n) is 2.63. The summed E-state index contributed by atoms with van der Waals surface area (Å²) >= 11 is 0. The zero-order valence-corrected chi connectivity index (χ0v) is 12.1. The summed E-state index contributed by atoms with van der Waals surface area (Å²) in [6.45, 7) is 6.12. The molecule has 0 heterocycles. The van der Waals surface area contributed by atoms with Crippen molar-refractivity contribution in [3.8, 4) is 0 Å². The lowest BCUT2D eigenvalue weighted by molar-refractivity contribution is 0.101. The van der Waals surface area contributed by atoms with E-state index in [-0.39, 0.29) is 39.6 Å². The minimum Gasteiger partial charge on any atom is -0.450 e. The van der Waals surface area contributed by atoms with Gasteiger partial charge in [-0.1, -0.05) is 25.3 Å². The van der Waals surface area contributed by atoms with Crippen LogP contribution < -0.4 is 0 Å². The summed E-state index contributed by atoms with van der Waals surface area (Å²) in [6, 6.07) is 0. The molecule has 0 fully saturated rings. The van der Waals surface area contributed by atoms with Gasteiger partial charge in [-0.15, -0.1) is 0 Å². The van der Waals surface area contributed by atoms with E-state index in [1.165, 1.54) is 12.2 Å². The van der Waals surface area contributed by atoms with Crippen LogP contribution in [0.25, 0.3) is 0 Å². The van der Waals surface area contributed by atoms with Gasteiger partial charge in [0.15, 0.2) is 0 Å². The lowest BCUT2D eigenvalue weighted by atomic mass is 10.7. The van der Waals surface area contributed by atoms with Crippen LogP contribution >= 0.6 is 0 Å². The Hall–Kier alpha value is -2.14. The SMILES string of the molecule is C=CCOC(=O)O.C=CCOC(=O)O.OCCO.OCCO. The molecule has 10 nitrogen and oxygen atoms in total. The third kappa shape index (κ3) is 82.2. The molecule has 0 bridgehead atoms. The van der Waals surface area contributed by atoms with Crippen LogP contribution in [0.1, 0.15) is 0 Å². The van der Waals surface area contributed by atoms with E-state index in [9.17, 15) is 9.59 Å². The molecule has 0 aromatic heterocycles. The number of rotatable bonds is 6. The maximum Gasteiger partial charge on any atom is 0.506 e. The summed E-state index contributed by atoms with van der Waals surface area (Å²) in [5.41, 5.74) is 0. The smallest absolute Gasteiger partial charge is 0.450 e. The summed E-state index contributed by atoms with van der Waals surface area (Å²) < 4.78 is 7.98. The van der Waals surface area contributed by atoms with Gasteiger partial charge in [-0.25, -0.2) is 9.59 Å². The summed E-state index contributed by atoms with van der Waals surface area (Å²) in [5, 5.41) is 46.0. The van der Waals surface area contributed by atoms with Gasteiger partial charge in [0, 0.05) is 0 Å². The number of hydrogen-bond donors (Lipinski definition) is 6. The molecule has 0 rings (SSSR count). The second kappa shape index (κ2) is 31.3. The molecule has 0 aliphatic heterocycles. The Morgan fingerprint density at radius 2 is 0.955 bits per heavy atom. The minimum absolute atomic E-state index is 0.0648. The second-order valence-corrected chi connectivity index (χ2v) is 2.63. The lowest BCUT2D eigenvalue weighted by Gasteiger charge is -1.88. The number of carbonyl (C=O) groups is 2. The molecule has 10 heteroatoms. The van der Waals surface area contributed by atoms with Crippen molar-refractivity contribution < 1.29 is 49.7 Å². The van der Waals surface area contributed by atoms with Crippen LogP contribution in [-0.4, -0.2) is 82.6 Å². The van der Waals surface area contributed by atoms with Crippen molar-refractivity contribution in [2.75, 3.05) is 39.6 Å². The van der Waals surface area contributed by atoms with Crippen LogP contribution in [0.4, 0.5) is 9.59 Å². The van der Waals surface area contributed by atoms with Gasteiger partial charge in [-0.3, -0.25) is 0 Å². The number of hydrogen-bond acceptors (Lipinski definition) is 8. The van der Waals surface area contributed by atoms with Gasteiger partial charge in [0.25, 0.3) is 0 Å². The van der Waals surface area contributed by atoms with Crippen LogP contribution in [-0.2, 0) is 9.47 Å². The van der Waals surface area contributed by atoms with E-state index in [1.807, 2.05) is 0 Å². The quantitative estimate of drug-likeness (QED) is 0.280. The van der Waals surface area contributed by atoms with E-state index in [1.54, 1.807) is 0 Å². The molecule has 0 saturated heterocycles. The van der Waals surface area contributed by atoms with E-state index in [0.717, 1.165) is 0 Å². The van der Waals surface area contributed by atoms with Crippen molar-refractivity contribution in [2.24, 2.45) is 0 Å². The zero-order valence-electron chi connectivity index (χ0n) is 12.1. The highest BCUT2D eigenvalue weighted by Crippen LogP contribution is 1.73. The first-order valence-electron chi connectivity index (χ1n) is 5.74. The summed E-state index contributed by atoms with van der Waals surface area (Å²) in [5.74, 6) is 0. The number of ether oxygens (including phenoxy) is 2. The molecule has 0 aromatic carbocycles. The topological polar surface area (TPSA) is 174 Å². The maximum atomic E-state index is 9.49. The molecule has 0 unspecified atom stereocenters. The predicted molar refractivity (Wildman–Crippen MR) is 76.7 cm³/mol. The minimum atomic E-state index is -1.26. The fourth-order valence-electron chi connectivity index (χ4n) is 0.260. The Balaban J connectivity index is -0.000000102. The molecule has 0 aromatic rings. The van der Waals surface area contributed by atoms with Gasteiger partial charge < -0.3 is 40.1 Å². The molecule has 22 heavy (non-hydrogen) atoms. The van der Waals surface area contributed by atoms with Gasteiger partial charge in [0.05, 0.1) is 26.4 Å². The Morgan fingerprint density at radius 1 is 0.727 bits per heavy atom. The van der Waals surface area contributed by atoms with Gasteiger partial charge in [-0.2, -0.15) is 0 Å². The van der Waals surface area contributed by atoms with E-state index in [2.05, 4.69) is 22.6 Å². The monoisotopic (exact) mass is 328 g/mol. The first-order chi connectivity index (χ1) is 10.4. The van der Waals surface area contributed by atoms with Gasteiger partial charge in [0.2, 0.25) is 0 Å². The Labute approximate surface area is 128 Å². The molecule has 0 amide bonds. The molecule has 0 aliphatic carbocycles. The van der Waals surface area contributed by atoms with Gasteiger partial charge in [-0.05, 0) is 0 Å². The standard InChI is InChI=1S/2C4H6O3.2C2H6O2/c2*1-2-3-7-4(5)6;2*3-1-2-4/h2*2H,1,3H2,(H,5,6);2*3-4H,1-2H2. The normalized spacial score (nSPS) is 7.45. The first kappa shape index (κ1) is 28.1. The highest BCUT2D eigenvalue weighted by molar-refractivity contribution is 5.57. The van der Waals surface area contributed by atoms with Crippen molar-refractivity contribution in [3.63, 3.8) is 0 Å². The average molecular weight is 328 g/mol.